The maximum atomic E-state index is 12.9. The summed E-state index contributed by atoms with van der Waals surface area (Å²) in [5.74, 6) is -0.990. The van der Waals surface area contributed by atoms with Gasteiger partial charge in [0.2, 0.25) is 19.7 Å². The SMILES string of the molecule is O=S(=O)(/C=C(/Cl)c1ccc(-c2ccccc2)cc1)c1ccc(F)cc1.O=S(=O)(/C=C(/Cl)c1ccc(-c2ccccc2)cc1)c1ccc(F)cc1. The molecule has 6 rings (SSSR count). The van der Waals surface area contributed by atoms with Crippen LogP contribution in [0.3, 0.4) is 0 Å². The fraction of sp³-hybridized carbons (Fsp3) is 0. The Kier molecular flexibility index (Phi) is 11.8. The molecule has 0 aromatic heterocycles. The second kappa shape index (κ2) is 16.2. The molecule has 0 aliphatic rings. The number of rotatable bonds is 8. The molecule has 0 spiro atoms. The highest BCUT2D eigenvalue weighted by atomic mass is 35.5. The number of benzene rings is 6. The molecular weight excluding hydrogens is 717 g/mol. The van der Waals surface area contributed by atoms with Crippen LogP contribution >= 0.6 is 23.2 Å². The molecule has 0 saturated heterocycles. The monoisotopic (exact) mass is 744 g/mol. The summed E-state index contributed by atoms with van der Waals surface area (Å²) in [7, 11) is -7.49. The van der Waals surface area contributed by atoms with Gasteiger partial charge in [0.25, 0.3) is 0 Å². The van der Waals surface area contributed by atoms with Crippen molar-refractivity contribution in [2.45, 2.75) is 9.79 Å². The summed E-state index contributed by atoms with van der Waals surface area (Å²) in [6.07, 6.45) is 0. The van der Waals surface area contributed by atoms with Gasteiger partial charge in [0, 0.05) is 0 Å². The molecule has 10 heteroatoms. The zero-order valence-corrected chi connectivity index (χ0v) is 29.3. The van der Waals surface area contributed by atoms with Crippen LogP contribution < -0.4 is 0 Å². The number of hydrogen-bond donors (Lipinski definition) is 0. The summed E-state index contributed by atoms with van der Waals surface area (Å²) >= 11 is 12.4. The molecule has 252 valence electrons. The van der Waals surface area contributed by atoms with Gasteiger partial charge in [0.05, 0.1) is 30.7 Å². The molecule has 6 aromatic carbocycles. The maximum absolute atomic E-state index is 12.9. The zero-order valence-electron chi connectivity index (χ0n) is 26.1. The lowest BCUT2D eigenvalue weighted by Gasteiger charge is -2.05. The second-order valence-electron chi connectivity index (χ2n) is 10.8. The molecule has 50 heavy (non-hydrogen) atoms. The molecule has 0 radical (unpaired) electrons. The van der Waals surface area contributed by atoms with Crippen LogP contribution in [-0.2, 0) is 19.7 Å². The molecule has 0 atom stereocenters. The Morgan fingerprint density at radius 3 is 0.980 bits per heavy atom. The standard InChI is InChI=1S/2C20H14ClFO2S/c2*21-20(14-25(23,24)19-12-10-18(22)11-13-19)17-8-6-16(7-9-17)15-4-2-1-3-5-15/h2*1-14H/b2*20-14+. The van der Waals surface area contributed by atoms with E-state index in [1.165, 1.54) is 24.3 Å². The Morgan fingerprint density at radius 1 is 0.400 bits per heavy atom. The van der Waals surface area contributed by atoms with E-state index in [0.717, 1.165) is 57.3 Å². The molecule has 0 unspecified atom stereocenters. The number of hydrogen-bond acceptors (Lipinski definition) is 4. The summed E-state index contributed by atoms with van der Waals surface area (Å²) in [5.41, 5.74) is 5.32. The Hall–Kier alpha value is -4.86. The largest absolute Gasteiger partial charge is 0.219 e. The van der Waals surface area contributed by atoms with E-state index in [2.05, 4.69) is 0 Å². The van der Waals surface area contributed by atoms with Gasteiger partial charge in [0.15, 0.2) is 0 Å². The van der Waals surface area contributed by atoms with Crippen LogP contribution in [0.5, 0.6) is 0 Å². The quantitative estimate of drug-likeness (QED) is 0.146. The molecule has 4 nitrogen and oxygen atoms in total. The van der Waals surface area contributed by atoms with Crippen molar-refractivity contribution in [1.82, 2.24) is 0 Å². The third kappa shape index (κ3) is 9.64. The van der Waals surface area contributed by atoms with Gasteiger partial charge in [-0.15, -0.1) is 0 Å². The van der Waals surface area contributed by atoms with Crippen LogP contribution in [0.25, 0.3) is 32.3 Å². The topological polar surface area (TPSA) is 68.3 Å². The van der Waals surface area contributed by atoms with Gasteiger partial charge < -0.3 is 0 Å². The van der Waals surface area contributed by atoms with E-state index in [9.17, 15) is 25.6 Å². The van der Waals surface area contributed by atoms with Crippen molar-refractivity contribution >= 4 is 52.9 Å². The minimum Gasteiger partial charge on any atom is -0.219 e. The Bertz CT molecular complexity index is 2160. The van der Waals surface area contributed by atoms with E-state index >= 15 is 0 Å². The van der Waals surface area contributed by atoms with Crippen LogP contribution in [-0.4, -0.2) is 16.8 Å². The highest BCUT2D eigenvalue weighted by Crippen LogP contribution is 2.28. The summed E-state index contributed by atoms with van der Waals surface area (Å²) in [5, 5.41) is 2.17. The minimum atomic E-state index is -3.75. The second-order valence-corrected chi connectivity index (χ2v) is 15.2. The molecule has 0 saturated carbocycles. The van der Waals surface area contributed by atoms with Crippen molar-refractivity contribution in [2.75, 3.05) is 0 Å². The third-order valence-corrected chi connectivity index (χ3v) is 11.2. The molecule has 0 N–H and O–H groups in total. The maximum Gasteiger partial charge on any atom is 0.201 e. The van der Waals surface area contributed by atoms with E-state index in [1.807, 2.05) is 84.9 Å². The summed E-state index contributed by atoms with van der Waals surface area (Å²) in [6.45, 7) is 0. The first-order valence-electron chi connectivity index (χ1n) is 15.0. The average molecular weight is 746 g/mol. The first-order chi connectivity index (χ1) is 23.9. The van der Waals surface area contributed by atoms with E-state index in [1.54, 1.807) is 24.3 Å². The molecule has 6 aromatic rings. The number of halogens is 4. The van der Waals surface area contributed by atoms with Crippen molar-refractivity contribution in [2.24, 2.45) is 0 Å². The summed E-state index contributed by atoms with van der Waals surface area (Å²) in [6, 6.07) is 43.5. The van der Waals surface area contributed by atoms with Crippen LogP contribution in [0.15, 0.2) is 178 Å². The Labute approximate surface area is 300 Å². The van der Waals surface area contributed by atoms with Gasteiger partial charge >= 0.3 is 0 Å². The highest BCUT2D eigenvalue weighted by molar-refractivity contribution is 7.94. The molecule has 0 aliphatic heterocycles. The van der Waals surface area contributed by atoms with Crippen molar-refractivity contribution in [1.29, 1.82) is 0 Å². The van der Waals surface area contributed by atoms with Crippen LogP contribution in [0.2, 0.25) is 0 Å². The predicted octanol–water partition coefficient (Wildman–Crippen LogP) is 11.0. The van der Waals surface area contributed by atoms with E-state index in [-0.39, 0.29) is 19.9 Å². The van der Waals surface area contributed by atoms with E-state index in [4.69, 9.17) is 23.2 Å². The summed E-state index contributed by atoms with van der Waals surface area (Å²) in [4.78, 5) is -0.0130. The van der Waals surface area contributed by atoms with E-state index < -0.39 is 31.3 Å². The average Bonchev–Trinajstić information content (AvgIpc) is 3.13. The summed E-state index contributed by atoms with van der Waals surface area (Å²) < 4.78 is 75.2. The van der Waals surface area contributed by atoms with Crippen molar-refractivity contribution < 1.29 is 25.6 Å². The zero-order chi connectivity index (χ0) is 35.7. The van der Waals surface area contributed by atoms with Gasteiger partial charge in [-0.2, -0.15) is 0 Å². The third-order valence-electron chi connectivity index (χ3n) is 7.34. The Balaban J connectivity index is 0.000000194. The first kappa shape index (κ1) is 36.4. The van der Waals surface area contributed by atoms with Gasteiger partial charge in [-0.25, -0.2) is 25.6 Å². The van der Waals surface area contributed by atoms with Crippen molar-refractivity contribution in [3.8, 4) is 22.3 Å². The van der Waals surface area contributed by atoms with Crippen LogP contribution in [0.1, 0.15) is 11.1 Å². The van der Waals surface area contributed by atoms with Crippen molar-refractivity contribution in [3.05, 3.63) is 191 Å². The van der Waals surface area contributed by atoms with Crippen LogP contribution in [0, 0.1) is 11.6 Å². The molecular formula is C40H28Cl2F2O4S2. The Morgan fingerprint density at radius 2 is 0.680 bits per heavy atom. The molecule has 0 amide bonds. The fourth-order valence-electron chi connectivity index (χ4n) is 4.70. The van der Waals surface area contributed by atoms with Gasteiger partial charge in [-0.3, -0.25) is 0 Å². The fourth-order valence-corrected chi connectivity index (χ4v) is 7.77. The number of sulfone groups is 2. The van der Waals surface area contributed by atoms with Crippen molar-refractivity contribution in [3.63, 3.8) is 0 Å². The molecule has 0 aliphatic carbocycles. The van der Waals surface area contributed by atoms with Crippen LogP contribution in [0.4, 0.5) is 8.78 Å². The normalized spacial score (nSPS) is 12.2. The highest BCUT2D eigenvalue weighted by Gasteiger charge is 2.15. The predicted molar refractivity (Wildman–Crippen MR) is 199 cm³/mol. The van der Waals surface area contributed by atoms with Gasteiger partial charge in [-0.05, 0) is 81.9 Å². The lowest BCUT2D eigenvalue weighted by atomic mass is 10.0. The van der Waals surface area contributed by atoms with Gasteiger partial charge in [-0.1, -0.05) is 132 Å². The smallest absolute Gasteiger partial charge is 0.201 e. The minimum absolute atomic E-state index is 0.00652. The molecule has 0 bridgehead atoms. The molecule has 0 heterocycles. The molecule has 0 fully saturated rings. The lowest BCUT2D eigenvalue weighted by molar-refractivity contribution is 0.601. The van der Waals surface area contributed by atoms with Gasteiger partial charge in [0.1, 0.15) is 11.6 Å². The lowest BCUT2D eigenvalue weighted by Crippen LogP contribution is -1.97. The first-order valence-corrected chi connectivity index (χ1v) is 18.8. The van der Waals surface area contributed by atoms with E-state index in [0.29, 0.717) is 11.1 Å².